The summed E-state index contributed by atoms with van der Waals surface area (Å²) in [6, 6.07) is 1.96. The highest BCUT2D eigenvalue weighted by Gasteiger charge is 2.06. The molecule has 0 radical (unpaired) electrons. The van der Waals surface area contributed by atoms with Crippen LogP contribution in [-0.2, 0) is 6.54 Å². The van der Waals surface area contributed by atoms with E-state index in [0.29, 0.717) is 24.1 Å². The average Bonchev–Trinajstić information content (AvgIpc) is 2.76. The zero-order chi connectivity index (χ0) is 9.97. The Bertz CT molecular complexity index is 478. The van der Waals surface area contributed by atoms with E-state index >= 15 is 0 Å². The SMILES string of the molecule is Cc1noc(Cn2ccnc2C#N)n1. The molecule has 2 aromatic rings. The predicted octanol–water partition coefficient (Wildman–Crippen LogP) is 0.494. The average molecular weight is 189 g/mol. The second-order valence-electron chi connectivity index (χ2n) is 2.73. The minimum atomic E-state index is 0.334. The second kappa shape index (κ2) is 3.30. The molecule has 0 N–H and O–H groups in total. The molecule has 0 saturated carbocycles. The van der Waals surface area contributed by atoms with Gasteiger partial charge in [-0.1, -0.05) is 5.16 Å². The van der Waals surface area contributed by atoms with Crippen LogP contribution < -0.4 is 0 Å². The van der Waals surface area contributed by atoms with Gasteiger partial charge in [-0.25, -0.2) is 4.98 Å². The van der Waals surface area contributed by atoms with E-state index in [4.69, 9.17) is 9.78 Å². The lowest BCUT2D eigenvalue weighted by molar-refractivity contribution is 0.367. The van der Waals surface area contributed by atoms with Crippen molar-refractivity contribution in [1.29, 1.82) is 5.26 Å². The van der Waals surface area contributed by atoms with E-state index in [1.807, 2.05) is 6.07 Å². The van der Waals surface area contributed by atoms with Gasteiger partial charge in [-0.2, -0.15) is 10.2 Å². The summed E-state index contributed by atoms with van der Waals surface area (Å²) in [4.78, 5) is 7.87. The van der Waals surface area contributed by atoms with Gasteiger partial charge in [0.25, 0.3) is 0 Å². The zero-order valence-corrected chi connectivity index (χ0v) is 7.51. The van der Waals surface area contributed by atoms with Crippen LogP contribution in [0.25, 0.3) is 0 Å². The van der Waals surface area contributed by atoms with Crippen molar-refractivity contribution in [2.75, 3.05) is 0 Å². The first-order chi connectivity index (χ1) is 6.79. The van der Waals surface area contributed by atoms with Crippen LogP contribution in [0.4, 0.5) is 0 Å². The van der Waals surface area contributed by atoms with Gasteiger partial charge in [0.05, 0.1) is 0 Å². The molecule has 6 nitrogen and oxygen atoms in total. The fraction of sp³-hybridized carbons (Fsp3) is 0.250. The summed E-state index contributed by atoms with van der Waals surface area (Å²) in [6.07, 6.45) is 3.25. The van der Waals surface area contributed by atoms with Gasteiger partial charge in [-0.3, -0.25) is 0 Å². The number of aromatic nitrogens is 4. The van der Waals surface area contributed by atoms with Crippen molar-refractivity contribution in [1.82, 2.24) is 19.7 Å². The van der Waals surface area contributed by atoms with Gasteiger partial charge in [0.2, 0.25) is 11.7 Å². The van der Waals surface area contributed by atoms with E-state index in [9.17, 15) is 0 Å². The third-order valence-corrected chi connectivity index (χ3v) is 1.69. The number of imidazole rings is 1. The molecule has 0 atom stereocenters. The third-order valence-electron chi connectivity index (χ3n) is 1.69. The summed E-state index contributed by atoms with van der Waals surface area (Å²) in [5, 5.41) is 12.3. The Kier molecular flexibility index (Phi) is 1.99. The summed E-state index contributed by atoms with van der Waals surface area (Å²) >= 11 is 0. The lowest BCUT2D eigenvalue weighted by atomic mass is 10.5. The molecule has 0 aliphatic heterocycles. The maximum Gasteiger partial charge on any atom is 0.246 e. The fourth-order valence-electron chi connectivity index (χ4n) is 1.10. The zero-order valence-electron chi connectivity index (χ0n) is 7.51. The van der Waals surface area contributed by atoms with E-state index in [-0.39, 0.29) is 0 Å². The van der Waals surface area contributed by atoms with Gasteiger partial charge in [0.15, 0.2) is 5.82 Å². The minimum absolute atomic E-state index is 0.334. The summed E-state index contributed by atoms with van der Waals surface area (Å²) in [6.45, 7) is 2.12. The molecule has 0 aliphatic carbocycles. The van der Waals surface area contributed by atoms with Crippen LogP contribution in [0.5, 0.6) is 0 Å². The standard InChI is InChI=1S/C8H7N5O/c1-6-11-8(14-12-6)5-13-3-2-10-7(13)4-9/h2-3H,5H2,1H3. The summed E-state index contributed by atoms with van der Waals surface area (Å²) in [5.74, 6) is 1.39. The molecule has 6 heteroatoms. The van der Waals surface area contributed by atoms with Gasteiger partial charge in [0.1, 0.15) is 12.6 Å². The highest BCUT2D eigenvalue weighted by Crippen LogP contribution is 2.02. The van der Waals surface area contributed by atoms with Crippen molar-refractivity contribution in [2.45, 2.75) is 13.5 Å². The van der Waals surface area contributed by atoms with Crippen LogP contribution in [0.3, 0.4) is 0 Å². The summed E-state index contributed by atoms with van der Waals surface area (Å²) < 4.78 is 6.56. The Labute approximate surface area is 79.8 Å². The molecule has 2 aromatic heterocycles. The third kappa shape index (κ3) is 1.47. The van der Waals surface area contributed by atoms with Crippen molar-refractivity contribution in [2.24, 2.45) is 0 Å². The maximum atomic E-state index is 8.69. The Morgan fingerprint density at radius 3 is 3.14 bits per heavy atom. The first-order valence-electron chi connectivity index (χ1n) is 4.00. The van der Waals surface area contributed by atoms with E-state index in [1.54, 1.807) is 23.9 Å². The van der Waals surface area contributed by atoms with Gasteiger partial charge in [0, 0.05) is 12.4 Å². The molecule has 2 rings (SSSR count). The summed E-state index contributed by atoms with van der Waals surface area (Å²) in [5.41, 5.74) is 0. The van der Waals surface area contributed by atoms with Crippen LogP contribution >= 0.6 is 0 Å². The van der Waals surface area contributed by atoms with Crippen LogP contribution in [0.1, 0.15) is 17.5 Å². The molecule has 70 valence electrons. The maximum absolute atomic E-state index is 8.69. The fourth-order valence-corrected chi connectivity index (χ4v) is 1.10. The smallest absolute Gasteiger partial charge is 0.246 e. The van der Waals surface area contributed by atoms with Gasteiger partial charge < -0.3 is 9.09 Å². The molecular formula is C8H7N5O. The Morgan fingerprint density at radius 2 is 2.50 bits per heavy atom. The van der Waals surface area contributed by atoms with E-state index < -0.39 is 0 Å². The summed E-state index contributed by atoms with van der Waals surface area (Å²) in [7, 11) is 0. The molecule has 0 saturated heterocycles. The quantitative estimate of drug-likeness (QED) is 0.686. The molecule has 14 heavy (non-hydrogen) atoms. The second-order valence-corrected chi connectivity index (χ2v) is 2.73. The predicted molar refractivity (Wildman–Crippen MR) is 45.1 cm³/mol. The van der Waals surface area contributed by atoms with Crippen LogP contribution in [0.15, 0.2) is 16.9 Å². The highest BCUT2D eigenvalue weighted by atomic mass is 16.5. The topological polar surface area (TPSA) is 80.5 Å². The molecule has 0 amide bonds. The number of hydrogen-bond donors (Lipinski definition) is 0. The molecule has 0 aromatic carbocycles. The Morgan fingerprint density at radius 1 is 1.64 bits per heavy atom. The van der Waals surface area contributed by atoms with Crippen molar-refractivity contribution >= 4 is 0 Å². The molecule has 0 spiro atoms. The molecule has 0 bridgehead atoms. The normalized spacial score (nSPS) is 10.0. The van der Waals surface area contributed by atoms with Gasteiger partial charge in [-0.05, 0) is 6.92 Å². The minimum Gasteiger partial charge on any atom is -0.337 e. The van der Waals surface area contributed by atoms with Crippen molar-refractivity contribution in [3.8, 4) is 6.07 Å². The molecule has 0 aliphatic rings. The van der Waals surface area contributed by atoms with Crippen molar-refractivity contribution in [3.05, 3.63) is 29.9 Å². The first kappa shape index (κ1) is 8.44. The Hall–Kier alpha value is -2.16. The number of rotatable bonds is 2. The van der Waals surface area contributed by atoms with Crippen LogP contribution in [-0.4, -0.2) is 19.7 Å². The molecule has 0 fully saturated rings. The van der Waals surface area contributed by atoms with Gasteiger partial charge >= 0.3 is 0 Å². The lowest BCUT2D eigenvalue weighted by Gasteiger charge is -1.96. The van der Waals surface area contributed by atoms with Gasteiger partial charge in [-0.15, -0.1) is 0 Å². The van der Waals surface area contributed by atoms with Crippen molar-refractivity contribution < 1.29 is 4.52 Å². The molecule has 2 heterocycles. The first-order valence-corrected chi connectivity index (χ1v) is 4.00. The molecule has 0 unspecified atom stereocenters. The largest absolute Gasteiger partial charge is 0.337 e. The number of nitrogens with zero attached hydrogens (tertiary/aromatic N) is 5. The lowest BCUT2D eigenvalue weighted by Crippen LogP contribution is -2.01. The highest BCUT2D eigenvalue weighted by molar-refractivity contribution is 5.12. The Balaban J connectivity index is 2.23. The number of aryl methyl sites for hydroxylation is 1. The number of nitriles is 1. The van der Waals surface area contributed by atoms with E-state index in [0.717, 1.165) is 0 Å². The molecular weight excluding hydrogens is 182 g/mol. The van der Waals surface area contributed by atoms with Crippen LogP contribution in [0, 0.1) is 18.3 Å². The van der Waals surface area contributed by atoms with E-state index in [1.165, 1.54) is 0 Å². The van der Waals surface area contributed by atoms with E-state index in [2.05, 4.69) is 15.1 Å². The number of hydrogen-bond acceptors (Lipinski definition) is 5. The van der Waals surface area contributed by atoms with Crippen molar-refractivity contribution in [3.63, 3.8) is 0 Å². The van der Waals surface area contributed by atoms with Crippen LogP contribution in [0.2, 0.25) is 0 Å². The monoisotopic (exact) mass is 189 g/mol.